The summed E-state index contributed by atoms with van der Waals surface area (Å²) in [6.45, 7) is 1.75. The molecule has 0 atom stereocenters. The maximum absolute atomic E-state index is 11.0. The Bertz CT molecular complexity index is 557. The topological polar surface area (TPSA) is 119 Å². The number of aromatic nitrogens is 2. The van der Waals surface area contributed by atoms with Crippen molar-refractivity contribution in [1.29, 1.82) is 0 Å². The molecular formula is C9H14N4O3S2. The van der Waals surface area contributed by atoms with Gasteiger partial charge in [-0.1, -0.05) is 16.9 Å². The minimum Gasteiger partial charge on any atom is -0.409 e. The summed E-state index contributed by atoms with van der Waals surface area (Å²) in [5.74, 6) is 0.302. The summed E-state index contributed by atoms with van der Waals surface area (Å²) in [5.41, 5.74) is 6.41. The largest absolute Gasteiger partial charge is 0.409 e. The van der Waals surface area contributed by atoms with Gasteiger partial charge in [-0.25, -0.2) is 18.4 Å². The third kappa shape index (κ3) is 4.88. The molecule has 3 N–H and O–H groups in total. The molecule has 0 saturated heterocycles. The number of thioether (sulfide) groups is 1. The Morgan fingerprint density at radius 3 is 2.78 bits per heavy atom. The van der Waals surface area contributed by atoms with E-state index in [-0.39, 0.29) is 11.6 Å². The summed E-state index contributed by atoms with van der Waals surface area (Å²) in [7, 11) is -3.00. The zero-order valence-corrected chi connectivity index (χ0v) is 11.6. The van der Waals surface area contributed by atoms with Crippen LogP contribution in [0.4, 0.5) is 0 Å². The molecule has 100 valence electrons. The molecule has 0 fully saturated rings. The molecule has 0 aliphatic heterocycles. The Labute approximate surface area is 109 Å². The van der Waals surface area contributed by atoms with Gasteiger partial charge in [-0.05, 0) is 13.0 Å². The Morgan fingerprint density at radius 1 is 1.56 bits per heavy atom. The van der Waals surface area contributed by atoms with Crippen LogP contribution in [-0.2, 0) is 9.84 Å². The Hall–Kier alpha value is -1.35. The first-order valence-corrected chi connectivity index (χ1v) is 8.00. The number of oxime groups is 1. The summed E-state index contributed by atoms with van der Waals surface area (Å²) < 4.78 is 22.0. The quantitative estimate of drug-likeness (QED) is 0.196. The molecule has 0 unspecified atom stereocenters. The molecule has 9 heteroatoms. The van der Waals surface area contributed by atoms with E-state index >= 15 is 0 Å². The molecule has 0 bridgehead atoms. The summed E-state index contributed by atoms with van der Waals surface area (Å²) in [6.07, 6.45) is 1.17. The molecule has 7 nitrogen and oxygen atoms in total. The predicted molar refractivity (Wildman–Crippen MR) is 69.7 cm³/mol. The minimum absolute atomic E-state index is 0.0495. The van der Waals surface area contributed by atoms with Gasteiger partial charge in [0.05, 0.1) is 5.75 Å². The van der Waals surface area contributed by atoms with Crippen LogP contribution in [0, 0.1) is 6.92 Å². The van der Waals surface area contributed by atoms with Gasteiger partial charge in [0, 0.05) is 17.7 Å². The average Bonchev–Trinajstić information content (AvgIpc) is 2.25. The van der Waals surface area contributed by atoms with Crippen molar-refractivity contribution < 1.29 is 13.6 Å². The normalized spacial score (nSPS) is 12.7. The molecule has 0 amide bonds. The van der Waals surface area contributed by atoms with Gasteiger partial charge < -0.3 is 10.9 Å². The number of sulfone groups is 1. The minimum atomic E-state index is -3.00. The first-order chi connectivity index (χ1) is 8.31. The monoisotopic (exact) mass is 290 g/mol. The second-order valence-electron chi connectivity index (χ2n) is 3.64. The van der Waals surface area contributed by atoms with Gasteiger partial charge in [0.2, 0.25) is 0 Å². The standard InChI is InChI=1S/C9H14N4O3S2/c1-6-5-7(8(10)13-14)12-9(11-6)17-3-4-18(2,15)16/h5,14H,3-4H2,1-2H3,(H2,10,13). The highest BCUT2D eigenvalue weighted by Gasteiger charge is 2.08. The van der Waals surface area contributed by atoms with Gasteiger partial charge in [0.15, 0.2) is 11.0 Å². The molecule has 1 aromatic rings. The third-order valence-electron chi connectivity index (χ3n) is 1.89. The van der Waals surface area contributed by atoms with Crippen LogP contribution in [0.5, 0.6) is 0 Å². The SMILES string of the molecule is Cc1cc(/C(N)=N/O)nc(SCCS(C)(=O)=O)n1. The summed E-state index contributed by atoms with van der Waals surface area (Å²) >= 11 is 1.21. The molecule has 18 heavy (non-hydrogen) atoms. The van der Waals surface area contributed by atoms with E-state index in [4.69, 9.17) is 10.9 Å². The molecule has 0 spiro atoms. The number of nitrogens with two attached hydrogens (primary N) is 1. The van der Waals surface area contributed by atoms with Crippen LogP contribution in [0.1, 0.15) is 11.4 Å². The van der Waals surface area contributed by atoms with Gasteiger partial charge in [-0.2, -0.15) is 0 Å². The first kappa shape index (κ1) is 14.7. The van der Waals surface area contributed by atoms with Crippen LogP contribution in [-0.4, -0.2) is 47.2 Å². The lowest BCUT2D eigenvalue weighted by Gasteiger charge is -2.04. The highest BCUT2D eigenvalue weighted by atomic mass is 32.2. The third-order valence-corrected chi connectivity index (χ3v) is 3.94. The Balaban J connectivity index is 2.81. The lowest BCUT2D eigenvalue weighted by molar-refractivity contribution is 0.318. The zero-order chi connectivity index (χ0) is 13.8. The number of hydrogen-bond acceptors (Lipinski definition) is 7. The highest BCUT2D eigenvalue weighted by Crippen LogP contribution is 2.14. The average molecular weight is 290 g/mol. The van der Waals surface area contributed by atoms with E-state index in [1.54, 1.807) is 13.0 Å². The van der Waals surface area contributed by atoms with Crippen LogP contribution in [0.3, 0.4) is 0 Å². The van der Waals surface area contributed by atoms with Crippen molar-refractivity contribution in [2.45, 2.75) is 12.1 Å². The van der Waals surface area contributed by atoms with E-state index in [1.165, 1.54) is 18.0 Å². The van der Waals surface area contributed by atoms with Crippen molar-refractivity contribution in [3.8, 4) is 0 Å². The van der Waals surface area contributed by atoms with Crippen LogP contribution < -0.4 is 5.73 Å². The van der Waals surface area contributed by atoms with Gasteiger partial charge >= 0.3 is 0 Å². The van der Waals surface area contributed by atoms with E-state index in [2.05, 4.69) is 15.1 Å². The molecule has 0 aliphatic carbocycles. The molecule has 1 heterocycles. The maximum atomic E-state index is 11.0. The fraction of sp³-hybridized carbons (Fsp3) is 0.444. The first-order valence-electron chi connectivity index (χ1n) is 4.96. The number of aryl methyl sites for hydroxylation is 1. The maximum Gasteiger partial charge on any atom is 0.188 e. The number of hydrogen-bond donors (Lipinski definition) is 2. The van der Waals surface area contributed by atoms with Crippen molar-refractivity contribution >= 4 is 27.4 Å². The number of nitrogens with zero attached hydrogens (tertiary/aromatic N) is 3. The van der Waals surface area contributed by atoms with Gasteiger partial charge in [-0.15, -0.1) is 0 Å². The van der Waals surface area contributed by atoms with Crippen molar-refractivity contribution in [2.75, 3.05) is 17.8 Å². The smallest absolute Gasteiger partial charge is 0.188 e. The van der Waals surface area contributed by atoms with E-state index in [9.17, 15) is 8.42 Å². The predicted octanol–water partition coefficient (Wildman–Crippen LogP) is 0.0162. The lowest BCUT2D eigenvalue weighted by Crippen LogP contribution is -2.16. The molecule has 0 aliphatic rings. The van der Waals surface area contributed by atoms with Crippen molar-refractivity contribution in [2.24, 2.45) is 10.9 Å². The van der Waals surface area contributed by atoms with Crippen LogP contribution in [0.15, 0.2) is 16.4 Å². The molecule has 0 saturated carbocycles. The highest BCUT2D eigenvalue weighted by molar-refractivity contribution is 8.00. The summed E-state index contributed by atoms with van der Waals surface area (Å²) in [6, 6.07) is 1.58. The van der Waals surface area contributed by atoms with E-state index in [0.29, 0.717) is 22.3 Å². The van der Waals surface area contributed by atoms with Crippen LogP contribution in [0.2, 0.25) is 0 Å². The summed E-state index contributed by atoms with van der Waals surface area (Å²) in [5, 5.41) is 11.8. The van der Waals surface area contributed by atoms with Crippen molar-refractivity contribution in [3.05, 3.63) is 17.5 Å². The number of rotatable bonds is 5. The Morgan fingerprint density at radius 2 is 2.22 bits per heavy atom. The van der Waals surface area contributed by atoms with Crippen LogP contribution in [0.25, 0.3) is 0 Å². The zero-order valence-electron chi connectivity index (χ0n) is 9.99. The van der Waals surface area contributed by atoms with E-state index < -0.39 is 9.84 Å². The fourth-order valence-corrected chi connectivity index (χ4v) is 3.17. The van der Waals surface area contributed by atoms with Gasteiger partial charge in [-0.3, -0.25) is 0 Å². The van der Waals surface area contributed by atoms with Crippen molar-refractivity contribution in [3.63, 3.8) is 0 Å². The fourth-order valence-electron chi connectivity index (χ4n) is 1.07. The Kier molecular flexibility index (Phi) is 4.91. The molecule has 1 rings (SSSR count). The van der Waals surface area contributed by atoms with Crippen LogP contribution >= 0.6 is 11.8 Å². The molecule has 0 aromatic carbocycles. The second-order valence-corrected chi connectivity index (χ2v) is 6.96. The molecular weight excluding hydrogens is 276 g/mol. The van der Waals surface area contributed by atoms with Gasteiger partial charge in [0.1, 0.15) is 15.5 Å². The molecule has 0 radical (unpaired) electrons. The number of amidine groups is 1. The van der Waals surface area contributed by atoms with Gasteiger partial charge in [0.25, 0.3) is 0 Å². The second kappa shape index (κ2) is 6.01. The van der Waals surface area contributed by atoms with E-state index in [1.807, 2.05) is 0 Å². The van der Waals surface area contributed by atoms with E-state index in [0.717, 1.165) is 0 Å². The molecule has 1 aromatic heterocycles. The summed E-state index contributed by atoms with van der Waals surface area (Å²) in [4.78, 5) is 8.20. The van der Waals surface area contributed by atoms with Crippen molar-refractivity contribution in [1.82, 2.24) is 9.97 Å². The lowest BCUT2D eigenvalue weighted by atomic mass is 10.3.